The molecule has 0 atom stereocenters. The topological polar surface area (TPSA) is 255 Å². The van der Waals surface area contributed by atoms with Gasteiger partial charge in [-0.2, -0.15) is 20.1 Å². The molecule has 0 unspecified atom stereocenters. The number of nitrogen functional groups attached to an aromatic ring is 1. The molecule has 1 amide bonds. The summed E-state index contributed by atoms with van der Waals surface area (Å²) in [6.07, 6.45) is 0. The summed E-state index contributed by atoms with van der Waals surface area (Å²) in [6.45, 7) is 3.47. The van der Waals surface area contributed by atoms with Crippen LogP contribution in [0.3, 0.4) is 0 Å². The van der Waals surface area contributed by atoms with Crippen LogP contribution in [0.2, 0.25) is 5.28 Å². The third-order valence-electron chi connectivity index (χ3n) is 6.17. The van der Waals surface area contributed by atoms with Crippen LogP contribution in [0.1, 0.15) is 13.8 Å². The first kappa shape index (κ1) is 38.6. The van der Waals surface area contributed by atoms with Crippen molar-refractivity contribution in [1.29, 1.82) is 0 Å². The Bertz CT molecular complexity index is 1910. The maximum absolute atomic E-state index is 12.6. The Morgan fingerprint density at radius 3 is 2.50 bits per heavy atom. The molecule has 0 saturated heterocycles. The van der Waals surface area contributed by atoms with Crippen LogP contribution in [0.4, 0.5) is 46.0 Å². The molecule has 0 bridgehead atoms. The molecule has 3 aromatic carbocycles. The number of aromatic nitrogens is 3. The average molecular weight is 770 g/mol. The van der Waals surface area contributed by atoms with Gasteiger partial charge >= 0.3 is 0 Å². The zero-order valence-corrected chi connectivity index (χ0v) is 29.1. The third kappa shape index (κ3) is 11.2. The van der Waals surface area contributed by atoms with Crippen molar-refractivity contribution in [3.05, 3.63) is 65.9 Å². The van der Waals surface area contributed by atoms with Crippen molar-refractivity contribution in [2.45, 2.75) is 23.6 Å². The minimum atomic E-state index is -3.72. The first-order valence-corrected chi connectivity index (χ1v) is 17.4. The molecule has 0 aliphatic rings. The summed E-state index contributed by atoms with van der Waals surface area (Å²) in [4.78, 5) is 26.6. The fourth-order valence-corrected chi connectivity index (χ4v) is 6.07. The van der Waals surface area contributed by atoms with Gasteiger partial charge in [0.25, 0.3) is 0 Å². The molecule has 6 N–H and O–H groups in total. The van der Waals surface area contributed by atoms with Crippen LogP contribution in [0, 0.1) is 0 Å². The van der Waals surface area contributed by atoms with Crippen LogP contribution < -0.4 is 21.3 Å². The summed E-state index contributed by atoms with van der Waals surface area (Å²) in [5.41, 5.74) is 8.40. The summed E-state index contributed by atoms with van der Waals surface area (Å²) in [5.74, 6) is -0.384. The Labute approximate surface area is 298 Å². The predicted octanol–water partition coefficient (Wildman–Crippen LogP) is 6.59. The second-order valence-electron chi connectivity index (χ2n) is 9.51. The Morgan fingerprint density at radius 1 is 1.04 bits per heavy atom. The summed E-state index contributed by atoms with van der Waals surface area (Å²) < 4.78 is 38.6. The molecule has 4 rings (SSSR count). The monoisotopic (exact) mass is 769 g/mol. The van der Waals surface area contributed by atoms with Crippen LogP contribution in [-0.4, -0.2) is 58.7 Å². The number of carbonyl (C=O) groups excluding carboxylic acids is 1. The lowest BCUT2D eigenvalue weighted by Crippen LogP contribution is -2.20. The number of nitrogens with two attached hydrogens (primary N) is 1. The van der Waals surface area contributed by atoms with Crippen molar-refractivity contribution in [2.75, 3.05) is 40.2 Å². The quantitative estimate of drug-likeness (QED) is 0.0179. The second kappa shape index (κ2) is 18.7. The van der Waals surface area contributed by atoms with E-state index in [-0.39, 0.29) is 69.7 Å². The second-order valence-corrected chi connectivity index (χ2v) is 13.2. The lowest BCUT2D eigenvalue weighted by molar-refractivity contribution is -0.434. The van der Waals surface area contributed by atoms with E-state index in [1.54, 1.807) is 23.1 Å². The van der Waals surface area contributed by atoms with Crippen molar-refractivity contribution in [3.63, 3.8) is 0 Å². The summed E-state index contributed by atoms with van der Waals surface area (Å²) in [5, 5.41) is 37.9. The molecule has 0 saturated carbocycles. The van der Waals surface area contributed by atoms with Crippen LogP contribution in [-0.2, 0) is 37.6 Å². The molecule has 4 aromatic rings. The Morgan fingerprint density at radius 2 is 1.80 bits per heavy atom. The van der Waals surface area contributed by atoms with Crippen molar-refractivity contribution >= 4 is 97.7 Å². The van der Waals surface area contributed by atoms with Gasteiger partial charge in [0.1, 0.15) is 5.69 Å². The molecular weight excluding hydrogens is 742 g/mol. The minimum Gasteiger partial charge on any atom is -0.398 e. The standard InChI is InChI=1S/C27H28ClN9O10S3/c1-3-37(19-6-4-5-18(13-19)30-16(2)38)27-33-25(28)32-26(34-27)31-22-14-21(29)24(48-46-44-39)15-23(22)36-35-17-7-9-20(10-8-17)50(41,42)12-11-43-49-47-45-40/h4-10,13-15,39-40H,3,11-12,29H2,1-2H3,(H,30,38)(H,31,32,33,34). The summed E-state index contributed by atoms with van der Waals surface area (Å²) >= 11 is 7.18. The third-order valence-corrected chi connectivity index (χ3v) is 9.08. The highest BCUT2D eigenvalue weighted by Gasteiger charge is 2.18. The van der Waals surface area contributed by atoms with E-state index in [0.717, 1.165) is 0 Å². The van der Waals surface area contributed by atoms with Gasteiger partial charge in [-0.25, -0.2) is 18.9 Å². The molecule has 0 radical (unpaired) electrons. The molecule has 23 heteroatoms. The predicted molar refractivity (Wildman–Crippen MR) is 184 cm³/mol. The van der Waals surface area contributed by atoms with Gasteiger partial charge in [-0.1, -0.05) is 16.1 Å². The molecular formula is C27H28ClN9O10S3. The van der Waals surface area contributed by atoms with Crippen molar-refractivity contribution in [3.8, 4) is 0 Å². The summed E-state index contributed by atoms with van der Waals surface area (Å²) in [6, 6.07) is 15.6. The highest BCUT2D eigenvalue weighted by molar-refractivity contribution is 7.94. The van der Waals surface area contributed by atoms with Gasteiger partial charge in [0.05, 0.1) is 45.6 Å². The van der Waals surface area contributed by atoms with Crippen molar-refractivity contribution in [1.82, 2.24) is 15.0 Å². The SMILES string of the molecule is CCN(c1cccc(NC(C)=O)c1)c1nc(Cl)nc(Nc2cc(N)c(SOOO)cc2N=Nc2ccc(S(=O)(=O)CCOSOOO)cc2)n1. The highest BCUT2D eigenvalue weighted by atomic mass is 35.5. The van der Waals surface area contributed by atoms with Gasteiger partial charge in [-0.05, 0) is 73.1 Å². The zero-order valence-electron chi connectivity index (χ0n) is 25.9. The molecule has 1 heterocycles. The van der Waals surface area contributed by atoms with E-state index < -0.39 is 9.84 Å². The normalized spacial score (nSPS) is 11.5. The number of nitrogens with zero attached hydrogens (tertiary/aromatic N) is 6. The Balaban J connectivity index is 1.61. The zero-order chi connectivity index (χ0) is 36.1. The number of halogens is 1. The largest absolute Gasteiger partial charge is 0.398 e. The Kier molecular flexibility index (Phi) is 14.4. The average Bonchev–Trinajstić information content (AvgIpc) is 3.07. The smallest absolute Gasteiger partial charge is 0.236 e. The van der Waals surface area contributed by atoms with Crippen molar-refractivity contribution in [2.24, 2.45) is 10.2 Å². The number of benzene rings is 3. The number of carbonyl (C=O) groups is 1. The number of hydrogen-bond acceptors (Lipinski definition) is 20. The minimum absolute atomic E-state index is 0.00420. The lowest BCUT2D eigenvalue weighted by Gasteiger charge is -2.22. The van der Waals surface area contributed by atoms with Crippen LogP contribution >= 0.6 is 36.0 Å². The number of azo groups is 1. The van der Waals surface area contributed by atoms with Gasteiger partial charge < -0.3 is 21.3 Å². The fourth-order valence-electron chi connectivity index (χ4n) is 4.08. The molecule has 0 spiro atoms. The van der Waals surface area contributed by atoms with Gasteiger partial charge in [0.15, 0.2) is 22.2 Å². The van der Waals surface area contributed by atoms with Crippen LogP contribution in [0.5, 0.6) is 0 Å². The number of anilines is 6. The molecule has 19 nitrogen and oxygen atoms in total. The van der Waals surface area contributed by atoms with Gasteiger partial charge in [-0.15, -0.1) is 13.8 Å². The number of rotatable bonds is 18. The van der Waals surface area contributed by atoms with E-state index in [4.69, 9.17) is 32.0 Å². The number of hydrogen-bond donors (Lipinski definition) is 5. The lowest BCUT2D eigenvalue weighted by atomic mass is 10.2. The van der Waals surface area contributed by atoms with E-state index >= 15 is 0 Å². The maximum atomic E-state index is 12.6. The van der Waals surface area contributed by atoms with E-state index in [9.17, 15) is 13.2 Å². The molecule has 1 aromatic heterocycles. The van der Waals surface area contributed by atoms with Gasteiger partial charge in [0, 0.05) is 30.5 Å². The molecule has 0 fully saturated rings. The van der Waals surface area contributed by atoms with Crippen LogP contribution in [0.15, 0.2) is 80.7 Å². The number of sulfone groups is 1. The first-order valence-electron chi connectivity index (χ1n) is 14.0. The van der Waals surface area contributed by atoms with Crippen LogP contribution in [0.25, 0.3) is 0 Å². The Hall–Kier alpha value is -4.20. The first-order chi connectivity index (χ1) is 24.0. The molecule has 266 valence electrons. The van der Waals surface area contributed by atoms with Gasteiger partial charge in [-0.3, -0.25) is 8.98 Å². The van der Waals surface area contributed by atoms with E-state index in [1.807, 2.05) is 13.0 Å². The fraction of sp³-hybridized carbons (Fsp3) is 0.185. The molecule has 0 aliphatic carbocycles. The van der Waals surface area contributed by atoms with E-state index in [1.165, 1.54) is 43.3 Å². The van der Waals surface area contributed by atoms with E-state index in [2.05, 4.69) is 54.6 Å². The molecule has 0 aliphatic heterocycles. The maximum Gasteiger partial charge on any atom is 0.236 e. The molecule has 50 heavy (non-hydrogen) atoms. The van der Waals surface area contributed by atoms with Crippen molar-refractivity contribution < 1.29 is 46.7 Å². The highest BCUT2D eigenvalue weighted by Crippen LogP contribution is 2.38. The van der Waals surface area contributed by atoms with E-state index in [0.29, 0.717) is 40.5 Å². The van der Waals surface area contributed by atoms with Gasteiger partial charge in [0.2, 0.25) is 23.1 Å². The number of nitrogens with one attached hydrogen (secondary N) is 2. The summed E-state index contributed by atoms with van der Waals surface area (Å²) in [7, 11) is -3.72. The number of amides is 1.